The van der Waals surface area contributed by atoms with E-state index in [9.17, 15) is 14.4 Å². The van der Waals surface area contributed by atoms with Crippen LogP contribution in [0.1, 0.15) is 27.1 Å². The topological polar surface area (TPSA) is 82.2 Å². The number of urea groups is 1. The van der Waals surface area contributed by atoms with Gasteiger partial charge in [-0.25, -0.2) is 4.79 Å². The molecule has 3 rings (SSSR count). The van der Waals surface area contributed by atoms with Crippen LogP contribution < -0.4 is 5.32 Å². The van der Waals surface area contributed by atoms with Crippen molar-refractivity contribution < 1.29 is 19.1 Å². The van der Waals surface area contributed by atoms with Gasteiger partial charge in [0.05, 0.1) is 11.1 Å². The van der Waals surface area contributed by atoms with Crippen molar-refractivity contribution in [1.82, 2.24) is 14.7 Å². The van der Waals surface area contributed by atoms with E-state index >= 15 is 0 Å². The highest BCUT2D eigenvalue weighted by atomic mass is 16.5. The van der Waals surface area contributed by atoms with Crippen LogP contribution in [0.3, 0.4) is 0 Å². The number of nitrogens with one attached hydrogen (secondary N) is 1. The summed E-state index contributed by atoms with van der Waals surface area (Å²) in [5.74, 6) is -0.616. The summed E-state index contributed by atoms with van der Waals surface area (Å²) in [5, 5.41) is 2.83. The summed E-state index contributed by atoms with van der Waals surface area (Å²) < 4.78 is 4.97. The van der Waals surface area contributed by atoms with Crippen LogP contribution in [0, 0.1) is 0 Å². The number of carbonyl (C=O) groups excluding carboxylic acids is 3. The van der Waals surface area contributed by atoms with Gasteiger partial charge in [-0.3, -0.25) is 14.5 Å². The zero-order valence-corrected chi connectivity index (χ0v) is 15.2. The minimum atomic E-state index is -0.322. The van der Waals surface area contributed by atoms with Gasteiger partial charge in [-0.1, -0.05) is 0 Å². The van der Waals surface area contributed by atoms with Crippen LogP contribution >= 0.6 is 0 Å². The Bertz CT molecular complexity index is 713. The van der Waals surface area contributed by atoms with Gasteiger partial charge in [0, 0.05) is 52.1 Å². The number of hydrogen-bond acceptors (Lipinski definition) is 5. The van der Waals surface area contributed by atoms with E-state index in [2.05, 4.69) is 10.2 Å². The Hall–Kier alpha value is -2.45. The molecule has 1 fully saturated rings. The lowest BCUT2D eigenvalue weighted by Gasteiger charge is -2.32. The smallest absolute Gasteiger partial charge is 0.321 e. The van der Waals surface area contributed by atoms with Crippen LogP contribution in [-0.4, -0.2) is 86.0 Å². The molecule has 2 aliphatic rings. The molecule has 0 aromatic heterocycles. The van der Waals surface area contributed by atoms with Crippen molar-refractivity contribution >= 4 is 23.5 Å². The van der Waals surface area contributed by atoms with Gasteiger partial charge in [0.25, 0.3) is 11.8 Å². The summed E-state index contributed by atoms with van der Waals surface area (Å²) in [6, 6.07) is 4.66. The number of nitrogens with zero attached hydrogens (tertiary/aromatic N) is 3. The monoisotopic (exact) mass is 360 g/mol. The molecule has 0 spiro atoms. The molecule has 2 heterocycles. The Morgan fingerprint density at radius 2 is 1.81 bits per heavy atom. The molecule has 1 aromatic carbocycles. The van der Waals surface area contributed by atoms with Crippen LogP contribution in [0.2, 0.25) is 0 Å². The molecule has 0 saturated carbocycles. The first-order valence-electron chi connectivity index (χ1n) is 8.75. The summed E-state index contributed by atoms with van der Waals surface area (Å²) in [4.78, 5) is 42.4. The van der Waals surface area contributed by atoms with Crippen molar-refractivity contribution in [3.63, 3.8) is 0 Å². The maximum atomic E-state index is 12.5. The lowest BCUT2D eigenvalue weighted by atomic mass is 10.1. The predicted molar refractivity (Wildman–Crippen MR) is 96.4 cm³/mol. The molecule has 4 amide bonds. The molecule has 0 radical (unpaired) electrons. The second-order valence-corrected chi connectivity index (χ2v) is 6.59. The number of likely N-dealkylation sites (N-methyl/N-ethyl adjacent to an activating group) is 1. The maximum absolute atomic E-state index is 12.5. The second kappa shape index (κ2) is 7.84. The Morgan fingerprint density at radius 1 is 1.12 bits per heavy atom. The fourth-order valence-corrected chi connectivity index (χ4v) is 3.15. The quantitative estimate of drug-likeness (QED) is 0.628. The highest BCUT2D eigenvalue weighted by molar-refractivity contribution is 6.21. The number of methoxy groups -OCH3 is 1. The van der Waals surface area contributed by atoms with Crippen LogP contribution in [0.25, 0.3) is 0 Å². The molecular weight excluding hydrogens is 336 g/mol. The van der Waals surface area contributed by atoms with Crippen LogP contribution in [0.4, 0.5) is 10.5 Å². The highest BCUT2D eigenvalue weighted by Gasteiger charge is 2.35. The number of rotatable bonds is 5. The summed E-state index contributed by atoms with van der Waals surface area (Å²) in [7, 11) is 3.61. The average Bonchev–Trinajstić information content (AvgIpc) is 2.87. The number of hydrogen-bond donors (Lipinski definition) is 1. The van der Waals surface area contributed by atoms with Crippen molar-refractivity contribution in [2.24, 2.45) is 0 Å². The molecule has 1 aromatic rings. The number of piperazine rings is 1. The largest absolute Gasteiger partial charge is 0.385 e. The molecule has 0 unspecified atom stereocenters. The third-order valence-corrected chi connectivity index (χ3v) is 4.74. The number of benzene rings is 1. The van der Waals surface area contributed by atoms with Crippen molar-refractivity contribution in [3.05, 3.63) is 29.3 Å². The van der Waals surface area contributed by atoms with E-state index in [0.717, 1.165) is 13.1 Å². The van der Waals surface area contributed by atoms with E-state index in [1.54, 1.807) is 30.2 Å². The van der Waals surface area contributed by atoms with Crippen molar-refractivity contribution in [2.75, 3.05) is 58.8 Å². The summed E-state index contributed by atoms with van der Waals surface area (Å²) in [5.41, 5.74) is 1.24. The lowest BCUT2D eigenvalue weighted by Crippen LogP contribution is -2.48. The zero-order valence-electron chi connectivity index (χ0n) is 15.2. The predicted octanol–water partition coefficient (Wildman–Crippen LogP) is 1.10. The fourth-order valence-electron chi connectivity index (χ4n) is 3.15. The molecule has 140 valence electrons. The standard InChI is InChI=1S/C18H24N4O4/c1-20-7-9-21(10-8-20)18(25)19-13-4-5-14-15(12-13)17(24)22(16(14)23)6-3-11-26-2/h4-5,12H,3,6-11H2,1-2H3,(H,19,25). The van der Waals surface area contributed by atoms with Gasteiger partial charge >= 0.3 is 6.03 Å². The van der Waals surface area contributed by atoms with Crippen LogP contribution in [-0.2, 0) is 4.74 Å². The first-order valence-corrected chi connectivity index (χ1v) is 8.75. The highest BCUT2D eigenvalue weighted by Crippen LogP contribution is 2.26. The number of ether oxygens (including phenoxy) is 1. The van der Waals surface area contributed by atoms with E-state index in [0.29, 0.717) is 49.5 Å². The van der Waals surface area contributed by atoms with E-state index in [1.165, 1.54) is 4.90 Å². The van der Waals surface area contributed by atoms with E-state index in [4.69, 9.17) is 4.74 Å². The summed E-state index contributed by atoms with van der Waals surface area (Å²) in [6.45, 7) is 3.81. The minimum Gasteiger partial charge on any atom is -0.385 e. The van der Waals surface area contributed by atoms with E-state index in [1.807, 2.05) is 7.05 Å². The van der Waals surface area contributed by atoms with Gasteiger partial charge in [0.15, 0.2) is 0 Å². The molecule has 0 atom stereocenters. The van der Waals surface area contributed by atoms with E-state index < -0.39 is 0 Å². The summed E-state index contributed by atoms with van der Waals surface area (Å²) in [6.07, 6.45) is 0.592. The van der Waals surface area contributed by atoms with Gasteiger partial charge in [0.1, 0.15) is 0 Å². The first kappa shape index (κ1) is 18.3. The summed E-state index contributed by atoms with van der Waals surface area (Å²) >= 11 is 0. The van der Waals surface area contributed by atoms with Crippen LogP contribution in [0.5, 0.6) is 0 Å². The molecule has 2 aliphatic heterocycles. The third kappa shape index (κ3) is 3.71. The Balaban J connectivity index is 1.67. The number of carbonyl (C=O) groups is 3. The second-order valence-electron chi connectivity index (χ2n) is 6.59. The molecule has 8 heteroatoms. The SMILES string of the molecule is COCCCN1C(=O)c2ccc(NC(=O)N3CCN(C)CC3)cc2C1=O. The maximum Gasteiger partial charge on any atom is 0.321 e. The van der Waals surface area contributed by atoms with Crippen molar-refractivity contribution in [3.8, 4) is 0 Å². The Kier molecular flexibility index (Phi) is 5.53. The molecular formula is C18H24N4O4. The number of fused-ring (bicyclic) bond motifs is 1. The number of amides is 4. The fraction of sp³-hybridized carbons (Fsp3) is 0.500. The Labute approximate surface area is 152 Å². The van der Waals surface area contributed by atoms with Gasteiger partial charge < -0.3 is 19.9 Å². The Morgan fingerprint density at radius 3 is 2.50 bits per heavy atom. The minimum absolute atomic E-state index is 0.188. The van der Waals surface area contributed by atoms with Crippen molar-refractivity contribution in [1.29, 1.82) is 0 Å². The lowest BCUT2D eigenvalue weighted by molar-refractivity contribution is 0.0638. The molecule has 26 heavy (non-hydrogen) atoms. The van der Waals surface area contributed by atoms with Gasteiger partial charge in [-0.2, -0.15) is 0 Å². The van der Waals surface area contributed by atoms with E-state index in [-0.39, 0.29) is 17.8 Å². The molecule has 0 bridgehead atoms. The molecule has 0 aliphatic carbocycles. The average molecular weight is 360 g/mol. The molecule has 1 N–H and O–H groups in total. The van der Waals surface area contributed by atoms with Gasteiger partial charge in [-0.15, -0.1) is 0 Å². The number of anilines is 1. The number of imide groups is 1. The third-order valence-electron chi connectivity index (χ3n) is 4.74. The first-order chi connectivity index (χ1) is 12.5. The zero-order chi connectivity index (χ0) is 18.7. The van der Waals surface area contributed by atoms with Gasteiger partial charge in [0.2, 0.25) is 0 Å². The van der Waals surface area contributed by atoms with Crippen LogP contribution in [0.15, 0.2) is 18.2 Å². The molecule has 1 saturated heterocycles. The molecule has 8 nitrogen and oxygen atoms in total. The normalized spacial score (nSPS) is 17.6. The van der Waals surface area contributed by atoms with Gasteiger partial charge in [-0.05, 0) is 31.7 Å². The van der Waals surface area contributed by atoms with Crippen molar-refractivity contribution in [2.45, 2.75) is 6.42 Å².